The molecule has 1 aromatic carbocycles. The van der Waals surface area contributed by atoms with Crippen molar-refractivity contribution in [3.8, 4) is 0 Å². The Kier molecular flexibility index (Phi) is 6.33. The topological polar surface area (TPSA) is 24.5 Å². The second-order valence-electron chi connectivity index (χ2n) is 5.35. The lowest BCUT2D eigenvalue weighted by Crippen LogP contribution is -2.28. The number of hydrogen-bond donors (Lipinski definition) is 1. The number of ether oxygens (including phenoxy) is 1. The zero-order valence-corrected chi connectivity index (χ0v) is 14.1. The zero-order valence-electron chi connectivity index (χ0n) is 12.5. The summed E-state index contributed by atoms with van der Waals surface area (Å²) in [5.41, 5.74) is 2.65. The van der Waals surface area contributed by atoms with Crippen LogP contribution < -0.4 is 10.2 Å². The van der Waals surface area contributed by atoms with E-state index >= 15 is 0 Å². The fraction of sp³-hybridized carbons (Fsp3) is 0.625. The van der Waals surface area contributed by atoms with Gasteiger partial charge in [0.15, 0.2) is 0 Å². The minimum absolute atomic E-state index is 0.706. The third-order valence-electron chi connectivity index (χ3n) is 3.98. The van der Waals surface area contributed by atoms with Gasteiger partial charge in [-0.25, -0.2) is 0 Å². The molecule has 1 saturated heterocycles. The molecule has 0 amide bonds. The van der Waals surface area contributed by atoms with Gasteiger partial charge >= 0.3 is 0 Å². The molecule has 112 valence electrons. The number of nitrogens with one attached hydrogen (secondary N) is 1. The van der Waals surface area contributed by atoms with E-state index in [1.807, 2.05) is 0 Å². The van der Waals surface area contributed by atoms with Crippen molar-refractivity contribution in [2.75, 3.05) is 31.7 Å². The first kappa shape index (κ1) is 15.8. The van der Waals surface area contributed by atoms with E-state index in [1.54, 1.807) is 7.11 Å². The number of nitrogens with zero attached hydrogens (tertiary/aromatic N) is 1. The maximum atomic E-state index is 5.04. The van der Waals surface area contributed by atoms with Gasteiger partial charge in [0, 0.05) is 37.3 Å². The second kappa shape index (κ2) is 8.01. The van der Waals surface area contributed by atoms with Gasteiger partial charge in [-0.05, 0) is 52.9 Å². The third kappa shape index (κ3) is 3.96. The molecule has 1 atom stereocenters. The van der Waals surface area contributed by atoms with Crippen LogP contribution in [0.3, 0.4) is 0 Å². The first-order chi connectivity index (χ1) is 9.76. The van der Waals surface area contributed by atoms with Crippen molar-refractivity contribution in [1.82, 2.24) is 5.32 Å². The molecule has 1 aromatic rings. The summed E-state index contributed by atoms with van der Waals surface area (Å²) in [5, 5.41) is 3.38. The third-order valence-corrected chi connectivity index (χ3v) is 4.62. The SMILES string of the molecule is CCC1CCCN1c1ccc(CNCCOC)cc1Br. The summed E-state index contributed by atoms with van der Waals surface area (Å²) in [5.74, 6) is 0. The van der Waals surface area contributed by atoms with Crippen LogP contribution in [-0.4, -0.2) is 32.8 Å². The maximum Gasteiger partial charge on any atom is 0.0587 e. The molecule has 0 bridgehead atoms. The summed E-state index contributed by atoms with van der Waals surface area (Å²) in [6.45, 7) is 6.00. The smallest absolute Gasteiger partial charge is 0.0587 e. The summed E-state index contributed by atoms with van der Waals surface area (Å²) < 4.78 is 6.25. The van der Waals surface area contributed by atoms with Crippen LogP contribution in [0, 0.1) is 0 Å². The van der Waals surface area contributed by atoms with Gasteiger partial charge in [-0.1, -0.05) is 13.0 Å². The van der Waals surface area contributed by atoms with E-state index in [2.05, 4.69) is 51.3 Å². The quantitative estimate of drug-likeness (QED) is 0.768. The Bertz CT molecular complexity index is 425. The van der Waals surface area contributed by atoms with E-state index in [4.69, 9.17) is 4.74 Å². The molecular formula is C16H25BrN2O. The normalized spacial score (nSPS) is 18.8. The summed E-state index contributed by atoms with van der Waals surface area (Å²) >= 11 is 3.74. The predicted molar refractivity (Wildman–Crippen MR) is 88.4 cm³/mol. The summed E-state index contributed by atoms with van der Waals surface area (Å²) in [4.78, 5) is 2.55. The van der Waals surface area contributed by atoms with Crippen LogP contribution in [0.15, 0.2) is 22.7 Å². The second-order valence-corrected chi connectivity index (χ2v) is 6.21. The molecular weight excluding hydrogens is 316 g/mol. The highest BCUT2D eigenvalue weighted by Crippen LogP contribution is 2.33. The molecule has 4 heteroatoms. The van der Waals surface area contributed by atoms with Crippen molar-refractivity contribution < 1.29 is 4.74 Å². The highest BCUT2D eigenvalue weighted by atomic mass is 79.9. The number of hydrogen-bond acceptors (Lipinski definition) is 3. The Labute approximate surface area is 130 Å². The van der Waals surface area contributed by atoms with Crippen LogP contribution in [0.5, 0.6) is 0 Å². The Balaban J connectivity index is 1.98. The Hall–Kier alpha value is -0.580. The van der Waals surface area contributed by atoms with E-state index in [0.29, 0.717) is 6.04 Å². The van der Waals surface area contributed by atoms with Crippen LogP contribution >= 0.6 is 15.9 Å². The average Bonchev–Trinajstić information content (AvgIpc) is 2.92. The van der Waals surface area contributed by atoms with Gasteiger partial charge < -0.3 is 15.0 Å². The molecule has 20 heavy (non-hydrogen) atoms. The van der Waals surface area contributed by atoms with Crippen LogP contribution in [0.2, 0.25) is 0 Å². The maximum absolute atomic E-state index is 5.04. The van der Waals surface area contributed by atoms with E-state index in [9.17, 15) is 0 Å². The van der Waals surface area contributed by atoms with Gasteiger partial charge in [0.1, 0.15) is 0 Å². The van der Waals surface area contributed by atoms with Crippen molar-refractivity contribution in [1.29, 1.82) is 0 Å². The highest BCUT2D eigenvalue weighted by Gasteiger charge is 2.24. The number of methoxy groups -OCH3 is 1. The molecule has 3 nitrogen and oxygen atoms in total. The van der Waals surface area contributed by atoms with Gasteiger partial charge in [0.05, 0.1) is 12.3 Å². The number of halogens is 1. The Morgan fingerprint density at radius 1 is 1.45 bits per heavy atom. The minimum atomic E-state index is 0.706. The van der Waals surface area contributed by atoms with E-state index < -0.39 is 0 Å². The molecule has 0 saturated carbocycles. The lowest BCUT2D eigenvalue weighted by Gasteiger charge is -2.27. The molecule has 0 aromatic heterocycles. The van der Waals surface area contributed by atoms with Crippen LogP contribution in [0.25, 0.3) is 0 Å². The molecule has 2 rings (SSSR count). The molecule has 1 N–H and O–H groups in total. The van der Waals surface area contributed by atoms with Gasteiger partial charge in [0.25, 0.3) is 0 Å². The van der Waals surface area contributed by atoms with Gasteiger partial charge in [0.2, 0.25) is 0 Å². The summed E-state index contributed by atoms with van der Waals surface area (Å²) in [7, 11) is 1.73. The van der Waals surface area contributed by atoms with Gasteiger partial charge in [-0.3, -0.25) is 0 Å². The van der Waals surface area contributed by atoms with Gasteiger partial charge in [-0.2, -0.15) is 0 Å². The lowest BCUT2D eigenvalue weighted by atomic mass is 10.1. The highest BCUT2D eigenvalue weighted by molar-refractivity contribution is 9.10. The monoisotopic (exact) mass is 340 g/mol. The van der Waals surface area contributed by atoms with Crippen molar-refractivity contribution in [2.24, 2.45) is 0 Å². The fourth-order valence-corrected chi connectivity index (χ4v) is 3.53. The molecule has 0 aliphatic carbocycles. The number of anilines is 1. The molecule has 1 unspecified atom stereocenters. The summed E-state index contributed by atoms with van der Waals surface area (Å²) in [6.07, 6.45) is 3.86. The standard InChI is InChI=1S/C16H25BrN2O/c1-3-14-5-4-9-19(14)16-7-6-13(11-15(16)17)12-18-8-10-20-2/h6-7,11,14,18H,3-5,8-10,12H2,1-2H3. The van der Waals surface area contributed by atoms with Crippen molar-refractivity contribution in [3.05, 3.63) is 28.2 Å². The first-order valence-corrected chi connectivity index (χ1v) is 8.30. The lowest BCUT2D eigenvalue weighted by molar-refractivity contribution is 0.199. The van der Waals surface area contributed by atoms with E-state index in [1.165, 1.54) is 41.5 Å². The summed E-state index contributed by atoms with van der Waals surface area (Å²) in [6, 6.07) is 7.42. The molecule has 1 heterocycles. The van der Waals surface area contributed by atoms with Gasteiger partial charge in [-0.15, -0.1) is 0 Å². The number of rotatable bonds is 7. The molecule has 0 radical (unpaired) electrons. The van der Waals surface area contributed by atoms with E-state index in [-0.39, 0.29) is 0 Å². The van der Waals surface area contributed by atoms with Crippen molar-refractivity contribution >= 4 is 21.6 Å². The van der Waals surface area contributed by atoms with Crippen LogP contribution in [0.4, 0.5) is 5.69 Å². The fourth-order valence-electron chi connectivity index (χ4n) is 2.88. The average molecular weight is 341 g/mol. The first-order valence-electron chi connectivity index (χ1n) is 7.51. The molecule has 1 aliphatic heterocycles. The van der Waals surface area contributed by atoms with Crippen LogP contribution in [-0.2, 0) is 11.3 Å². The van der Waals surface area contributed by atoms with Crippen molar-refractivity contribution in [3.63, 3.8) is 0 Å². The predicted octanol–water partition coefficient (Wildman–Crippen LogP) is 3.56. The molecule has 0 spiro atoms. The Morgan fingerprint density at radius 3 is 3.00 bits per heavy atom. The minimum Gasteiger partial charge on any atom is -0.383 e. The number of benzene rings is 1. The van der Waals surface area contributed by atoms with E-state index in [0.717, 1.165) is 19.7 Å². The van der Waals surface area contributed by atoms with Crippen molar-refractivity contribution in [2.45, 2.75) is 38.8 Å². The molecule has 1 aliphatic rings. The zero-order chi connectivity index (χ0) is 14.4. The largest absolute Gasteiger partial charge is 0.383 e. The van der Waals surface area contributed by atoms with Crippen LogP contribution in [0.1, 0.15) is 31.7 Å². The molecule has 1 fully saturated rings. The Morgan fingerprint density at radius 2 is 2.30 bits per heavy atom.